The molecular formula is C26H23ClN2O. The average molecular weight is 415 g/mol. The normalized spacial score (nSPS) is 20.5. The van der Waals surface area contributed by atoms with Crippen LogP contribution in [0.25, 0.3) is 0 Å². The minimum Gasteiger partial charge on any atom is -0.372 e. The first-order valence-electron chi connectivity index (χ1n) is 10.3. The van der Waals surface area contributed by atoms with Crippen LogP contribution in [-0.4, -0.2) is 5.78 Å². The van der Waals surface area contributed by atoms with E-state index < -0.39 is 0 Å². The van der Waals surface area contributed by atoms with Crippen LogP contribution >= 0.6 is 11.6 Å². The molecule has 2 atom stereocenters. The second-order valence-electron chi connectivity index (χ2n) is 8.10. The molecule has 0 bridgehead atoms. The van der Waals surface area contributed by atoms with Gasteiger partial charge < -0.3 is 10.6 Å². The lowest BCUT2D eigenvalue weighted by Gasteiger charge is -2.30. The zero-order valence-electron chi connectivity index (χ0n) is 16.8. The molecule has 30 heavy (non-hydrogen) atoms. The predicted molar refractivity (Wildman–Crippen MR) is 123 cm³/mol. The Morgan fingerprint density at radius 2 is 1.57 bits per heavy atom. The van der Waals surface area contributed by atoms with Gasteiger partial charge >= 0.3 is 0 Å². The molecule has 0 saturated carbocycles. The first-order valence-corrected chi connectivity index (χ1v) is 10.7. The zero-order chi connectivity index (χ0) is 20.7. The maximum absolute atomic E-state index is 13.5. The number of nitrogens with one attached hydrogen (secondary N) is 2. The van der Waals surface area contributed by atoms with Crippen molar-refractivity contribution in [2.45, 2.75) is 31.7 Å². The number of allylic oxidation sites excluding steroid dienone is 1. The van der Waals surface area contributed by atoms with Crippen molar-refractivity contribution in [3.63, 3.8) is 0 Å². The topological polar surface area (TPSA) is 41.1 Å². The van der Waals surface area contributed by atoms with Gasteiger partial charge in [-0.15, -0.1) is 0 Å². The summed E-state index contributed by atoms with van der Waals surface area (Å²) in [6.07, 6.45) is 1.22. The molecule has 0 saturated heterocycles. The molecule has 0 unspecified atom stereocenters. The first-order chi connectivity index (χ1) is 14.6. The van der Waals surface area contributed by atoms with Gasteiger partial charge in [-0.3, -0.25) is 4.79 Å². The Bertz CT molecular complexity index is 1150. The molecule has 0 aromatic heterocycles. The first kappa shape index (κ1) is 19.0. The predicted octanol–water partition coefficient (Wildman–Crippen LogP) is 6.63. The summed E-state index contributed by atoms with van der Waals surface area (Å²) in [5.74, 6) is 0.237. The van der Waals surface area contributed by atoms with Crippen molar-refractivity contribution < 1.29 is 4.79 Å². The molecule has 0 amide bonds. The highest BCUT2D eigenvalue weighted by atomic mass is 35.5. The van der Waals surface area contributed by atoms with Gasteiger partial charge in [0.2, 0.25) is 0 Å². The number of hydrogen-bond acceptors (Lipinski definition) is 3. The largest absolute Gasteiger partial charge is 0.372 e. The molecule has 3 aromatic carbocycles. The van der Waals surface area contributed by atoms with Crippen LogP contribution in [0.1, 0.15) is 41.5 Å². The summed E-state index contributed by atoms with van der Waals surface area (Å²) >= 11 is 6.47. The van der Waals surface area contributed by atoms with Gasteiger partial charge in [-0.2, -0.15) is 0 Å². The standard InChI is InChI=1S/C26H23ClN2O/c1-16-10-12-17(13-11-16)26-25-23(28-21-8-4-5-9-22(21)29-26)14-18(15-24(25)30)19-6-2-3-7-20(19)27/h2-13,18,26,28-29H,14-15H2,1H3/t18-,26-/m1/s1. The Morgan fingerprint density at radius 1 is 0.867 bits per heavy atom. The number of para-hydroxylation sites is 2. The Labute approximate surface area is 181 Å². The van der Waals surface area contributed by atoms with E-state index in [1.165, 1.54) is 5.56 Å². The highest BCUT2D eigenvalue weighted by Gasteiger charge is 2.36. The minimum absolute atomic E-state index is 0.0707. The molecule has 0 spiro atoms. The van der Waals surface area contributed by atoms with E-state index >= 15 is 0 Å². The smallest absolute Gasteiger partial charge is 0.163 e. The lowest BCUT2D eigenvalue weighted by Crippen LogP contribution is -2.27. The fourth-order valence-corrected chi connectivity index (χ4v) is 4.82. The number of benzene rings is 3. The van der Waals surface area contributed by atoms with E-state index in [0.29, 0.717) is 6.42 Å². The van der Waals surface area contributed by atoms with Crippen LogP contribution in [0.3, 0.4) is 0 Å². The molecule has 2 N–H and O–H groups in total. The molecule has 150 valence electrons. The van der Waals surface area contributed by atoms with E-state index in [9.17, 15) is 4.79 Å². The molecular weight excluding hydrogens is 392 g/mol. The summed E-state index contributed by atoms with van der Waals surface area (Å²) in [4.78, 5) is 13.5. The van der Waals surface area contributed by atoms with Crippen molar-refractivity contribution in [2.24, 2.45) is 0 Å². The van der Waals surface area contributed by atoms with Crippen LogP contribution in [0.5, 0.6) is 0 Å². The van der Waals surface area contributed by atoms with Crippen molar-refractivity contribution in [3.05, 3.63) is 106 Å². The van der Waals surface area contributed by atoms with Gasteiger partial charge in [0.1, 0.15) is 0 Å². The van der Waals surface area contributed by atoms with E-state index in [4.69, 9.17) is 11.6 Å². The number of hydrogen-bond donors (Lipinski definition) is 2. The highest BCUT2D eigenvalue weighted by Crippen LogP contribution is 2.45. The van der Waals surface area contributed by atoms with Gasteiger partial charge in [-0.25, -0.2) is 0 Å². The van der Waals surface area contributed by atoms with E-state index in [2.05, 4.69) is 47.9 Å². The molecule has 0 radical (unpaired) electrons. The van der Waals surface area contributed by atoms with Crippen molar-refractivity contribution in [2.75, 3.05) is 10.6 Å². The van der Waals surface area contributed by atoms with E-state index in [1.807, 2.05) is 42.5 Å². The molecule has 3 aromatic rings. The number of carbonyl (C=O) groups excluding carboxylic acids is 1. The average Bonchev–Trinajstić information content (AvgIpc) is 2.91. The van der Waals surface area contributed by atoms with Crippen LogP contribution in [0.2, 0.25) is 5.02 Å². The van der Waals surface area contributed by atoms with Gasteiger partial charge in [-0.1, -0.05) is 71.8 Å². The molecule has 5 rings (SSSR count). The quantitative estimate of drug-likeness (QED) is 0.494. The zero-order valence-corrected chi connectivity index (χ0v) is 17.5. The molecule has 0 fully saturated rings. The lowest BCUT2D eigenvalue weighted by atomic mass is 9.78. The number of Topliss-reactive ketones (excluding diaryl/α,β-unsaturated/α-hetero) is 1. The van der Waals surface area contributed by atoms with E-state index in [0.717, 1.165) is 45.2 Å². The van der Waals surface area contributed by atoms with Crippen LogP contribution in [0.15, 0.2) is 84.1 Å². The monoisotopic (exact) mass is 414 g/mol. The van der Waals surface area contributed by atoms with Crippen molar-refractivity contribution >= 4 is 28.8 Å². The summed E-state index contributed by atoms with van der Waals surface area (Å²) in [7, 11) is 0. The number of rotatable bonds is 2. The molecule has 4 heteroatoms. The van der Waals surface area contributed by atoms with Gasteiger partial charge in [0.15, 0.2) is 5.78 Å². The minimum atomic E-state index is -0.184. The summed E-state index contributed by atoms with van der Waals surface area (Å²) < 4.78 is 0. The second kappa shape index (κ2) is 7.66. The summed E-state index contributed by atoms with van der Waals surface area (Å²) in [5, 5.41) is 7.92. The maximum atomic E-state index is 13.5. The number of ketones is 1. The van der Waals surface area contributed by atoms with Crippen molar-refractivity contribution in [3.8, 4) is 0 Å². The van der Waals surface area contributed by atoms with E-state index in [1.54, 1.807) is 0 Å². The third-order valence-corrected chi connectivity index (χ3v) is 6.41. The Morgan fingerprint density at radius 3 is 2.33 bits per heavy atom. The molecule has 2 aliphatic rings. The van der Waals surface area contributed by atoms with Crippen molar-refractivity contribution in [1.82, 2.24) is 0 Å². The van der Waals surface area contributed by atoms with E-state index in [-0.39, 0.29) is 17.7 Å². The van der Waals surface area contributed by atoms with Gasteiger partial charge in [0.05, 0.1) is 17.4 Å². The summed E-state index contributed by atoms with van der Waals surface area (Å²) in [6.45, 7) is 2.08. The van der Waals surface area contributed by atoms with Gasteiger partial charge in [-0.05, 0) is 48.6 Å². The summed E-state index contributed by atoms with van der Waals surface area (Å²) in [6, 6.07) is 24.2. The van der Waals surface area contributed by atoms with Crippen LogP contribution < -0.4 is 10.6 Å². The van der Waals surface area contributed by atoms with Gasteiger partial charge in [0.25, 0.3) is 0 Å². The van der Waals surface area contributed by atoms with Gasteiger partial charge in [0, 0.05) is 22.7 Å². The maximum Gasteiger partial charge on any atom is 0.163 e. The fourth-order valence-electron chi connectivity index (χ4n) is 4.53. The SMILES string of the molecule is Cc1ccc([C@H]2Nc3ccccc3NC3=C2C(=O)C[C@H](c2ccccc2Cl)C3)cc1. The van der Waals surface area contributed by atoms with Crippen molar-refractivity contribution in [1.29, 1.82) is 0 Å². The Balaban J connectivity index is 1.62. The third kappa shape index (κ3) is 3.40. The fraction of sp³-hybridized carbons (Fsp3) is 0.192. The number of halogens is 1. The highest BCUT2D eigenvalue weighted by molar-refractivity contribution is 6.31. The Hall–Kier alpha value is -3.04. The third-order valence-electron chi connectivity index (χ3n) is 6.06. The lowest BCUT2D eigenvalue weighted by molar-refractivity contribution is -0.116. The van der Waals surface area contributed by atoms with Crippen LogP contribution in [0, 0.1) is 6.92 Å². The molecule has 1 aliphatic carbocycles. The Kier molecular flexibility index (Phi) is 4.84. The molecule has 1 heterocycles. The number of carbonyl (C=O) groups is 1. The molecule has 1 aliphatic heterocycles. The number of aryl methyl sites for hydroxylation is 1. The second-order valence-corrected chi connectivity index (χ2v) is 8.51. The van der Waals surface area contributed by atoms with Crippen LogP contribution in [-0.2, 0) is 4.79 Å². The number of fused-ring (bicyclic) bond motifs is 1. The van der Waals surface area contributed by atoms with Crippen LogP contribution in [0.4, 0.5) is 11.4 Å². The molecule has 3 nitrogen and oxygen atoms in total. The summed E-state index contributed by atoms with van der Waals surface area (Å²) in [5.41, 5.74) is 7.15. The number of anilines is 2.